The van der Waals surface area contributed by atoms with Gasteiger partial charge in [0, 0.05) is 17.1 Å². The third kappa shape index (κ3) is 3.61. The number of nitrogens with zero attached hydrogens (tertiary/aromatic N) is 2. The largest absolute Gasteiger partial charge is 0.495 e. The highest BCUT2D eigenvalue weighted by Crippen LogP contribution is 2.35. The molecule has 0 aliphatic carbocycles. The summed E-state index contributed by atoms with van der Waals surface area (Å²) in [5, 5.41) is 6.33. The first kappa shape index (κ1) is 15.1. The summed E-state index contributed by atoms with van der Waals surface area (Å²) in [6, 6.07) is 3.80. The fourth-order valence-corrected chi connectivity index (χ4v) is 2.87. The Morgan fingerprint density at radius 2 is 1.90 bits per heavy atom. The third-order valence-corrected chi connectivity index (χ3v) is 3.77. The van der Waals surface area contributed by atoms with Crippen LogP contribution in [0, 0.1) is 0 Å². The summed E-state index contributed by atoms with van der Waals surface area (Å²) in [4.78, 5) is 8.56. The first-order valence-electron chi connectivity index (χ1n) is 6.00. The molecule has 0 saturated heterocycles. The predicted octanol–water partition coefficient (Wildman–Crippen LogP) is 4.19. The average Bonchev–Trinajstić information content (AvgIpc) is 2.43. The first-order chi connectivity index (χ1) is 9.63. The van der Waals surface area contributed by atoms with Crippen molar-refractivity contribution in [3.63, 3.8) is 0 Å². The standard InChI is InChI=1S/C13H14Br2N4O/c1-3-17-12-6-16-7-13(19-12)18-10-5-11(20-2)9(15)4-8(10)14/h4-7H,3H2,1-2H3,(H2,17,18,19). The fraction of sp³-hybridized carbons (Fsp3) is 0.231. The van der Waals surface area contributed by atoms with E-state index in [9.17, 15) is 0 Å². The van der Waals surface area contributed by atoms with Crippen molar-refractivity contribution in [1.29, 1.82) is 0 Å². The van der Waals surface area contributed by atoms with E-state index in [1.54, 1.807) is 19.5 Å². The molecule has 1 aromatic heterocycles. The molecule has 0 saturated carbocycles. The summed E-state index contributed by atoms with van der Waals surface area (Å²) >= 11 is 6.94. The molecule has 7 heteroatoms. The summed E-state index contributed by atoms with van der Waals surface area (Å²) in [6.07, 6.45) is 3.35. The maximum absolute atomic E-state index is 5.28. The van der Waals surface area contributed by atoms with Crippen molar-refractivity contribution in [3.8, 4) is 5.75 Å². The van der Waals surface area contributed by atoms with Gasteiger partial charge in [0.2, 0.25) is 0 Å². The quantitative estimate of drug-likeness (QED) is 0.786. The van der Waals surface area contributed by atoms with Crippen LogP contribution < -0.4 is 15.4 Å². The topological polar surface area (TPSA) is 59.1 Å². The zero-order valence-electron chi connectivity index (χ0n) is 11.1. The highest BCUT2D eigenvalue weighted by atomic mass is 79.9. The molecule has 2 rings (SSSR count). The van der Waals surface area contributed by atoms with Gasteiger partial charge in [0.05, 0.1) is 29.7 Å². The second-order valence-electron chi connectivity index (χ2n) is 3.91. The first-order valence-corrected chi connectivity index (χ1v) is 7.58. The van der Waals surface area contributed by atoms with Gasteiger partial charge in [-0.15, -0.1) is 0 Å². The van der Waals surface area contributed by atoms with Crippen LogP contribution in [-0.4, -0.2) is 23.6 Å². The maximum Gasteiger partial charge on any atom is 0.151 e. The summed E-state index contributed by atoms with van der Waals surface area (Å²) < 4.78 is 7.07. The van der Waals surface area contributed by atoms with Gasteiger partial charge in [-0.3, -0.25) is 4.98 Å². The zero-order valence-corrected chi connectivity index (χ0v) is 14.2. The Labute approximate surface area is 134 Å². The number of nitrogens with one attached hydrogen (secondary N) is 2. The molecule has 0 atom stereocenters. The molecular weight excluding hydrogens is 388 g/mol. The molecule has 0 unspecified atom stereocenters. The molecule has 0 fully saturated rings. The lowest BCUT2D eigenvalue weighted by molar-refractivity contribution is 0.412. The van der Waals surface area contributed by atoms with Crippen LogP contribution in [0.4, 0.5) is 17.3 Å². The van der Waals surface area contributed by atoms with E-state index in [2.05, 4.69) is 52.5 Å². The summed E-state index contributed by atoms with van der Waals surface area (Å²) in [6.45, 7) is 2.81. The predicted molar refractivity (Wildman–Crippen MR) is 87.9 cm³/mol. The molecule has 0 bridgehead atoms. The second kappa shape index (κ2) is 6.90. The van der Waals surface area contributed by atoms with Gasteiger partial charge in [-0.1, -0.05) is 0 Å². The van der Waals surface area contributed by atoms with Gasteiger partial charge in [0.15, 0.2) is 5.82 Å². The number of anilines is 3. The van der Waals surface area contributed by atoms with Crippen LogP contribution in [0.1, 0.15) is 6.92 Å². The highest BCUT2D eigenvalue weighted by molar-refractivity contribution is 9.11. The van der Waals surface area contributed by atoms with E-state index in [4.69, 9.17) is 4.74 Å². The van der Waals surface area contributed by atoms with Crippen LogP contribution in [0.3, 0.4) is 0 Å². The van der Waals surface area contributed by atoms with E-state index in [1.165, 1.54) is 0 Å². The Kier molecular flexibility index (Phi) is 5.19. The molecule has 0 spiro atoms. The Bertz CT molecular complexity index is 607. The van der Waals surface area contributed by atoms with Gasteiger partial charge < -0.3 is 15.4 Å². The molecular formula is C13H14Br2N4O. The number of hydrogen-bond donors (Lipinski definition) is 2. The molecule has 0 aliphatic rings. The van der Waals surface area contributed by atoms with Gasteiger partial charge >= 0.3 is 0 Å². The molecule has 0 amide bonds. The Balaban J connectivity index is 2.27. The molecule has 1 aromatic carbocycles. The average molecular weight is 402 g/mol. The number of hydrogen-bond acceptors (Lipinski definition) is 5. The number of aromatic nitrogens is 2. The summed E-state index contributed by atoms with van der Waals surface area (Å²) in [7, 11) is 1.63. The van der Waals surface area contributed by atoms with Crippen LogP contribution >= 0.6 is 31.9 Å². The molecule has 1 heterocycles. The number of halogens is 2. The van der Waals surface area contributed by atoms with Crippen molar-refractivity contribution in [1.82, 2.24) is 9.97 Å². The lowest BCUT2D eigenvalue weighted by Crippen LogP contribution is -2.02. The minimum absolute atomic E-state index is 0.661. The molecule has 0 aliphatic heterocycles. The Morgan fingerprint density at radius 3 is 2.60 bits per heavy atom. The Hall–Kier alpha value is -1.34. The van der Waals surface area contributed by atoms with Crippen molar-refractivity contribution < 1.29 is 4.74 Å². The van der Waals surface area contributed by atoms with E-state index in [0.29, 0.717) is 5.82 Å². The van der Waals surface area contributed by atoms with Crippen LogP contribution in [0.5, 0.6) is 5.75 Å². The van der Waals surface area contributed by atoms with E-state index >= 15 is 0 Å². The SMILES string of the molecule is CCNc1cncc(Nc2cc(OC)c(Br)cc2Br)n1. The molecule has 0 radical (unpaired) electrons. The van der Waals surface area contributed by atoms with Crippen molar-refractivity contribution in [2.75, 3.05) is 24.3 Å². The van der Waals surface area contributed by atoms with Crippen molar-refractivity contribution in [2.24, 2.45) is 0 Å². The molecule has 2 N–H and O–H groups in total. The summed E-state index contributed by atoms with van der Waals surface area (Å²) in [5.74, 6) is 2.14. The van der Waals surface area contributed by atoms with Gasteiger partial charge in [0.25, 0.3) is 0 Å². The lowest BCUT2D eigenvalue weighted by atomic mass is 10.3. The molecule has 5 nitrogen and oxygen atoms in total. The van der Waals surface area contributed by atoms with E-state index in [1.807, 2.05) is 19.1 Å². The van der Waals surface area contributed by atoms with Gasteiger partial charge in [0.1, 0.15) is 11.6 Å². The maximum atomic E-state index is 5.28. The smallest absolute Gasteiger partial charge is 0.151 e. The highest BCUT2D eigenvalue weighted by Gasteiger charge is 2.08. The second-order valence-corrected chi connectivity index (χ2v) is 5.62. The van der Waals surface area contributed by atoms with Crippen LogP contribution in [0.15, 0.2) is 33.5 Å². The minimum Gasteiger partial charge on any atom is -0.495 e. The van der Waals surface area contributed by atoms with E-state index in [0.717, 1.165) is 32.7 Å². The number of methoxy groups -OCH3 is 1. The molecule has 20 heavy (non-hydrogen) atoms. The number of ether oxygens (including phenoxy) is 1. The van der Waals surface area contributed by atoms with Crippen molar-refractivity contribution in [3.05, 3.63) is 33.5 Å². The monoisotopic (exact) mass is 400 g/mol. The van der Waals surface area contributed by atoms with Crippen molar-refractivity contribution in [2.45, 2.75) is 6.92 Å². The van der Waals surface area contributed by atoms with E-state index < -0.39 is 0 Å². The number of benzene rings is 1. The number of rotatable bonds is 5. The van der Waals surface area contributed by atoms with Crippen LogP contribution in [-0.2, 0) is 0 Å². The van der Waals surface area contributed by atoms with Gasteiger partial charge in [-0.05, 0) is 44.8 Å². The van der Waals surface area contributed by atoms with Crippen LogP contribution in [0.25, 0.3) is 0 Å². The van der Waals surface area contributed by atoms with Gasteiger partial charge in [-0.25, -0.2) is 4.98 Å². The van der Waals surface area contributed by atoms with E-state index in [-0.39, 0.29) is 0 Å². The summed E-state index contributed by atoms with van der Waals surface area (Å²) in [5.41, 5.74) is 0.855. The lowest BCUT2D eigenvalue weighted by Gasteiger charge is -2.12. The normalized spacial score (nSPS) is 10.2. The minimum atomic E-state index is 0.661. The van der Waals surface area contributed by atoms with Gasteiger partial charge in [-0.2, -0.15) is 0 Å². The van der Waals surface area contributed by atoms with Crippen molar-refractivity contribution >= 4 is 49.2 Å². The molecule has 106 valence electrons. The molecule has 2 aromatic rings. The Morgan fingerprint density at radius 1 is 1.15 bits per heavy atom. The fourth-order valence-electron chi connectivity index (χ4n) is 1.61. The third-order valence-electron chi connectivity index (χ3n) is 2.50. The van der Waals surface area contributed by atoms with Crippen LogP contribution in [0.2, 0.25) is 0 Å². The zero-order chi connectivity index (χ0) is 14.5.